The van der Waals surface area contributed by atoms with E-state index in [-0.39, 0.29) is 31.1 Å². The predicted molar refractivity (Wildman–Crippen MR) is 316 cm³/mol. The van der Waals surface area contributed by atoms with Gasteiger partial charge >= 0.3 is 17.9 Å². The Balaban J connectivity index is 4.49. The van der Waals surface area contributed by atoms with Gasteiger partial charge in [0.1, 0.15) is 13.2 Å². The van der Waals surface area contributed by atoms with E-state index in [0.717, 1.165) is 122 Å². The molecular formula is C67H108O6. The Morgan fingerprint density at radius 1 is 0.288 bits per heavy atom. The van der Waals surface area contributed by atoms with Crippen molar-refractivity contribution in [1.82, 2.24) is 0 Å². The van der Waals surface area contributed by atoms with Gasteiger partial charge < -0.3 is 14.2 Å². The molecule has 0 aromatic heterocycles. The van der Waals surface area contributed by atoms with Crippen LogP contribution in [-0.2, 0) is 28.6 Å². The minimum atomic E-state index is -0.816. The van der Waals surface area contributed by atoms with E-state index in [0.29, 0.717) is 25.7 Å². The van der Waals surface area contributed by atoms with Gasteiger partial charge in [0, 0.05) is 19.3 Å². The first kappa shape index (κ1) is 68.6. The molecule has 0 spiro atoms. The highest BCUT2D eigenvalue weighted by atomic mass is 16.6. The first-order valence-corrected chi connectivity index (χ1v) is 29.7. The lowest BCUT2D eigenvalue weighted by Gasteiger charge is -2.18. The molecule has 0 aromatic carbocycles. The summed E-state index contributed by atoms with van der Waals surface area (Å²) >= 11 is 0. The van der Waals surface area contributed by atoms with Crippen molar-refractivity contribution >= 4 is 17.9 Å². The van der Waals surface area contributed by atoms with Crippen LogP contribution in [0.1, 0.15) is 252 Å². The Bertz CT molecular complexity index is 1580. The summed E-state index contributed by atoms with van der Waals surface area (Å²) < 4.78 is 16.8. The van der Waals surface area contributed by atoms with Gasteiger partial charge in [-0.05, 0) is 135 Å². The van der Waals surface area contributed by atoms with Crippen molar-refractivity contribution in [3.63, 3.8) is 0 Å². The molecular weight excluding hydrogens is 901 g/mol. The Morgan fingerprint density at radius 2 is 0.534 bits per heavy atom. The Kier molecular flexibility index (Phi) is 56.4. The van der Waals surface area contributed by atoms with Crippen molar-refractivity contribution in [2.24, 2.45) is 0 Å². The molecule has 6 nitrogen and oxygen atoms in total. The van der Waals surface area contributed by atoms with Crippen LogP contribution in [0.2, 0.25) is 0 Å². The minimum Gasteiger partial charge on any atom is -0.462 e. The molecule has 6 heteroatoms. The molecule has 0 bridgehead atoms. The highest BCUT2D eigenvalue weighted by molar-refractivity contribution is 5.71. The second-order valence-corrected chi connectivity index (χ2v) is 19.1. The quantitative estimate of drug-likeness (QED) is 0.0261. The summed E-state index contributed by atoms with van der Waals surface area (Å²) in [4.78, 5) is 38.2. The van der Waals surface area contributed by atoms with Gasteiger partial charge in [-0.2, -0.15) is 0 Å². The molecule has 0 aliphatic rings. The monoisotopic (exact) mass is 1010 g/mol. The van der Waals surface area contributed by atoms with Crippen molar-refractivity contribution in [2.45, 2.75) is 258 Å². The fourth-order valence-corrected chi connectivity index (χ4v) is 7.72. The lowest BCUT2D eigenvalue weighted by Crippen LogP contribution is -2.30. The van der Waals surface area contributed by atoms with Crippen LogP contribution >= 0.6 is 0 Å². The van der Waals surface area contributed by atoms with Crippen LogP contribution < -0.4 is 0 Å². The van der Waals surface area contributed by atoms with E-state index in [9.17, 15) is 14.4 Å². The number of unbranched alkanes of at least 4 members (excludes halogenated alkanes) is 19. The Labute approximate surface area is 449 Å². The van der Waals surface area contributed by atoms with Gasteiger partial charge in [-0.1, -0.05) is 231 Å². The highest BCUT2D eigenvalue weighted by Gasteiger charge is 2.19. The number of allylic oxidation sites excluding steroid dienone is 22. The topological polar surface area (TPSA) is 78.9 Å². The molecule has 0 aliphatic carbocycles. The summed E-state index contributed by atoms with van der Waals surface area (Å²) in [5.41, 5.74) is 0. The van der Waals surface area contributed by atoms with Crippen LogP contribution in [0.15, 0.2) is 134 Å². The molecule has 0 aromatic rings. The lowest BCUT2D eigenvalue weighted by molar-refractivity contribution is -0.167. The molecule has 0 aliphatic heterocycles. The standard InChI is InChI=1S/C67H108O6/c1-4-7-10-13-16-19-22-25-27-29-31-33-35-37-39-42-45-48-51-54-57-60-66(69)72-63-64(62-71-65(68)59-56-53-50-47-44-41-24-21-18-15-12-9-6-3)73-67(70)61-58-55-52-49-46-43-40-38-36-34-32-30-28-26-23-20-17-14-11-8-5-2/h7,9-10,12,16,18-19,21,23,25-27,30-33,37,39,41,44-45,48,64H,4-6,8,11,13-15,17,20,22,24,28-29,34-36,38,40,42-43,46-47,49-63H2,1-3H3/b10-7-,12-9-,19-16-,21-18-,26-23-,27-25-,32-30-,33-31-,39-37-,44-41-,48-45-. The van der Waals surface area contributed by atoms with E-state index < -0.39 is 6.10 Å². The van der Waals surface area contributed by atoms with E-state index in [1.807, 2.05) is 0 Å². The average Bonchev–Trinajstić information content (AvgIpc) is 3.39. The number of rotatable bonds is 52. The first-order valence-electron chi connectivity index (χ1n) is 29.7. The summed E-state index contributed by atoms with van der Waals surface area (Å²) in [7, 11) is 0. The van der Waals surface area contributed by atoms with E-state index in [2.05, 4.69) is 154 Å². The molecule has 0 radical (unpaired) electrons. The number of hydrogen-bond donors (Lipinski definition) is 0. The van der Waals surface area contributed by atoms with Crippen LogP contribution in [0.3, 0.4) is 0 Å². The van der Waals surface area contributed by atoms with Crippen LogP contribution in [-0.4, -0.2) is 37.2 Å². The summed E-state index contributed by atoms with van der Waals surface area (Å²) in [6, 6.07) is 0. The Morgan fingerprint density at radius 3 is 0.877 bits per heavy atom. The highest BCUT2D eigenvalue weighted by Crippen LogP contribution is 2.14. The van der Waals surface area contributed by atoms with E-state index >= 15 is 0 Å². The molecule has 0 rings (SSSR count). The normalized spacial score (nSPS) is 13.1. The van der Waals surface area contributed by atoms with Crippen LogP contribution in [0.25, 0.3) is 0 Å². The maximum absolute atomic E-state index is 12.9. The van der Waals surface area contributed by atoms with E-state index in [1.165, 1.54) is 83.5 Å². The zero-order chi connectivity index (χ0) is 52.9. The second-order valence-electron chi connectivity index (χ2n) is 19.1. The van der Waals surface area contributed by atoms with Crippen molar-refractivity contribution in [2.75, 3.05) is 13.2 Å². The zero-order valence-electron chi connectivity index (χ0n) is 47.1. The third-order valence-electron chi connectivity index (χ3n) is 12.1. The first-order chi connectivity index (χ1) is 36.0. The fraction of sp³-hybridized carbons (Fsp3) is 0.627. The molecule has 0 N–H and O–H groups in total. The molecule has 0 amide bonds. The van der Waals surface area contributed by atoms with Crippen molar-refractivity contribution in [1.29, 1.82) is 0 Å². The minimum absolute atomic E-state index is 0.113. The number of esters is 3. The lowest BCUT2D eigenvalue weighted by atomic mass is 10.1. The average molecular weight is 1010 g/mol. The third-order valence-corrected chi connectivity index (χ3v) is 12.1. The van der Waals surface area contributed by atoms with Crippen molar-refractivity contribution in [3.05, 3.63) is 134 Å². The largest absolute Gasteiger partial charge is 0.462 e. The number of hydrogen-bond acceptors (Lipinski definition) is 6. The zero-order valence-corrected chi connectivity index (χ0v) is 47.1. The maximum Gasteiger partial charge on any atom is 0.306 e. The van der Waals surface area contributed by atoms with Gasteiger partial charge in [-0.15, -0.1) is 0 Å². The van der Waals surface area contributed by atoms with Gasteiger partial charge in [-0.3, -0.25) is 14.4 Å². The summed E-state index contributed by atoms with van der Waals surface area (Å²) in [6.45, 7) is 6.33. The van der Waals surface area contributed by atoms with Gasteiger partial charge in [0.2, 0.25) is 0 Å². The van der Waals surface area contributed by atoms with Gasteiger partial charge in [0.05, 0.1) is 0 Å². The molecule has 0 fully saturated rings. The Hall–Kier alpha value is -4.45. The van der Waals surface area contributed by atoms with Crippen LogP contribution in [0, 0.1) is 0 Å². The SMILES string of the molecule is CC/C=C\C/C=C\C/C=C\C/C=C\C/C=C\C/C=C\CCCCC(=O)OCC(COC(=O)CCCCC/C=C\C/C=C\C/C=C\CC)OC(=O)CCCCCCCCCCC/C=C\C/C=C\CCCCCCC. The van der Waals surface area contributed by atoms with Crippen LogP contribution in [0.4, 0.5) is 0 Å². The predicted octanol–water partition coefficient (Wildman–Crippen LogP) is 20.2. The fourth-order valence-electron chi connectivity index (χ4n) is 7.72. The summed E-state index contributed by atoms with van der Waals surface area (Å²) in [6.07, 6.45) is 84.5. The van der Waals surface area contributed by atoms with Gasteiger partial charge in [0.15, 0.2) is 6.10 Å². The van der Waals surface area contributed by atoms with Crippen molar-refractivity contribution in [3.8, 4) is 0 Å². The molecule has 0 saturated carbocycles. The van der Waals surface area contributed by atoms with Gasteiger partial charge in [0.25, 0.3) is 0 Å². The summed E-state index contributed by atoms with van der Waals surface area (Å²) in [5.74, 6) is -0.991. The molecule has 0 heterocycles. The molecule has 0 saturated heterocycles. The molecule has 412 valence electrons. The number of ether oxygens (including phenoxy) is 3. The molecule has 1 atom stereocenters. The summed E-state index contributed by atoms with van der Waals surface area (Å²) in [5, 5.41) is 0. The van der Waals surface area contributed by atoms with Crippen molar-refractivity contribution < 1.29 is 28.6 Å². The third kappa shape index (κ3) is 58.3. The van der Waals surface area contributed by atoms with E-state index in [1.54, 1.807) is 0 Å². The second kappa shape index (κ2) is 60.1. The maximum atomic E-state index is 12.9. The molecule has 1 unspecified atom stereocenters. The van der Waals surface area contributed by atoms with E-state index in [4.69, 9.17) is 14.2 Å². The molecule has 73 heavy (non-hydrogen) atoms. The van der Waals surface area contributed by atoms with Crippen LogP contribution in [0.5, 0.6) is 0 Å². The van der Waals surface area contributed by atoms with Gasteiger partial charge in [-0.25, -0.2) is 0 Å². The smallest absolute Gasteiger partial charge is 0.306 e. The number of carbonyl (C=O) groups excluding carboxylic acids is 3. The number of carbonyl (C=O) groups is 3.